The summed E-state index contributed by atoms with van der Waals surface area (Å²) in [4.78, 5) is 14.0. The predicted octanol–water partition coefficient (Wildman–Crippen LogP) is 2.80. The van der Waals surface area contributed by atoms with E-state index in [9.17, 15) is 4.79 Å². The van der Waals surface area contributed by atoms with Crippen molar-refractivity contribution in [2.75, 3.05) is 18.4 Å². The number of carbonyl (C=O) groups is 1. The zero-order valence-corrected chi connectivity index (χ0v) is 14.0. The highest BCUT2D eigenvalue weighted by atomic mass is 35.5. The molecule has 1 atom stereocenters. The van der Waals surface area contributed by atoms with Crippen LogP contribution < -0.4 is 11.1 Å². The van der Waals surface area contributed by atoms with Gasteiger partial charge in [0.25, 0.3) is 0 Å². The van der Waals surface area contributed by atoms with Crippen molar-refractivity contribution in [2.24, 2.45) is 5.73 Å². The summed E-state index contributed by atoms with van der Waals surface area (Å²) >= 11 is 0. The highest BCUT2D eigenvalue weighted by Gasteiger charge is 2.11. The lowest BCUT2D eigenvalue weighted by atomic mass is 10.1. The number of hydrogen-bond acceptors (Lipinski definition) is 3. The lowest BCUT2D eigenvalue weighted by molar-refractivity contribution is -0.117. The normalized spacial score (nSPS) is 16.3. The van der Waals surface area contributed by atoms with E-state index < -0.39 is 6.04 Å². The smallest absolute Gasteiger partial charge is 0.240 e. The monoisotopic (exact) mass is 333 g/mol. The Labute approximate surface area is 139 Å². The van der Waals surface area contributed by atoms with Crippen LogP contribution in [0.3, 0.4) is 0 Å². The molecule has 21 heavy (non-hydrogen) atoms. The molecule has 1 aliphatic heterocycles. The quantitative estimate of drug-likeness (QED) is 0.890. The maximum absolute atomic E-state index is 11.6. The van der Waals surface area contributed by atoms with Crippen LogP contribution >= 0.6 is 24.8 Å². The average molecular weight is 334 g/mol. The van der Waals surface area contributed by atoms with Crippen molar-refractivity contribution in [3.8, 4) is 0 Å². The van der Waals surface area contributed by atoms with Crippen LogP contribution in [0, 0.1) is 0 Å². The molecule has 0 saturated carbocycles. The molecular weight excluding hydrogens is 309 g/mol. The van der Waals surface area contributed by atoms with Gasteiger partial charge in [-0.3, -0.25) is 9.69 Å². The molecule has 0 aromatic heterocycles. The molecular formula is C15H25Cl2N3O. The van der Waals surface area contributed by atoms with Gasteiger partial charge in [0.15, 0.2) is 0 Å². The number of carbonyl (C=O) groups excluding carboxylic acids is 1. The van der Waals surface area contributed by atoms with Gasteiger partial charge in [0.05, 0.1) is 6.04 Å². The number of likely N-dealkylation sites (tertiary alicyclic amines) is 1. The molecule has 0 unspecified atom stereocenters. The second-order valence-electron chi connectivity index (χ2n) is 5.32. The van der Waals surface area contributed by atoms with Gasteiger partial charge in [0.2, 0.25) is 5.91 Å². The van der Waals surface area contributed by atoms with E-state index in [0.717, 1.165) is 12.2 Å². The van der Waals surface area contributed by atoms with E-state index in [0.29, 0.717) is 0 Å². The maximum Gasteiger partial charge on any atom is 0.240 e. The largest absolute Gasteiger partial charge is 0.325 e. The van der Waals surface area contributed by atoms with Crippen LogP contribution in [0.4, 0.5) is 5.69 Å². The van der Waals surface area contributed by atoms with Crippen LogP contribution in [0.5, 0.6) is 0 Å². The van der Waals surface area contributed by atoms with Gasteiger partial charge in [-0.2, -0.15) is 0 Å². The van der Waals surface area contributed by atoms with Crippen molar-refractivity contribution in [1.82, 2.24) is 4.90 Å². The van der Waals surface area contributed by atoms with Crippen LogP contribution in [-0.4, -0.2) is 29.9 Å². The third-order valence-electron chi connectivity index (χ3n) is 3.46. The standard InChI is InChI=1S/C15H23N3O.2ClH/c1-12(16)15(19)17-14-7-5-6-13(10-14)11-18-8-3-2-4-9-18;;/h5-7,10,12H,2-4,8-9,11,16H2,1H3,(H,17,19);2*1H/t12-;;/m1../s1. The molecule has 3 N–H and O–H groups in total. The molecule has 1 saturated heterocycles. The number of nitrogens with two attached hydrogens (primary N) is 1. The van der Waals surface area contributed by atoms with Gasteiger partial charge in [-0.15, -0.1) is 24.8 Å². The molecule has 2 rings (SSSR count). The summed E-state index contributed by atoms with van der Waals surface area (Å²) in [7, 11) is 0. The van der Waals surface area contributed by atoms with E-state index >= 15 is 0 Å². The molecule has 120 valence electrons. The fourth-order valence-corrected chi connectivity index (χ4v) is 2.38. The van der Waals surface area contributed by atoms with E-state index in [1.807, 2.05) is 18.2 Å². The van der Waals surface area contributed by atoms with E-state index in [1.54, 1.807) is 6.92 Å². The van der Waals surface area contributed by atoms with E-state index in [1.165, 1.54) is 37.9 Å². The Bertz CT molecular complexity index is 435. The topological polar surface area (TPSA) is 58.4 Å². The molecule has 1 aromatic rings. The Hall–Kier alpha value is -0.810. The average Bonchev–Trinajstić information content (AvgIpc) is 2.40. The Balaban J connectivity index is 0.00000200. The van der Waals surface area contributed by atoms with Gasteiger partial charge >= 0.3 is 0 Å². The zero-order valence-electron chi connectivity index (χ0n) is 12.4. The van der Waals surface area contributed by atoms with Gasteiger partial charge in [0, 0.05) is 12.2 Å². The van der Waals surface area contributed by atoms with Crippen LogP contribution in [0.1, 0.15) is 31.7 Å². The third kappa shape index (κ3) is 6.66. The number of hydrogen-bond donors (Lipinski definition) is 2. The molecule has 0 aliphatic carbocycles. The van der Waals surface area contributed by atoms with Crippen LogP contribution in [0.15, 0.2) is 24.3 Å². The first-order chi connectivity index (χ1) is 9.15. The van der Waals surface area contributed by atoms with Crippen molar-refractivity contribution in [2.45, 2.75) is 38.8 Å². The fraction of sp³-hybridized carbons (Fsp3) is 0.533. The molecule has 4 nitrogen and oxygen atoms in total. The molecule has 1 heterocycles. The van der Waals surface area contributed by atoms with Crippen LogP contribution in [-0.2, 0) is 11.3 Å². The molecule has 1 amide bonds. The van der Waals surface area contributed by atoms with Crippen molar-refractivity contribution < 1.29 is 4.79 Å². The van der Waals surface area contributed by atoms with Crippen LogP contribution in [0.25, 0.3) is 0 Å². The molecule has 0 spiro atoms. The number of piperidine rings is 1. The van der Waals surface area contributed by atoms with Crippen molar-refractivity contribution >= 4 is 36.4 Å². The molecule has 0 bridgehead atoms. The summed E-state index contributed by atoms with van der Waals surface area (Å²) in [6, 6.07) is 7.55. The lowest BCUT2D eigenvalue weighted by Crippen LogP contribution is -2.32. The third-order valence-corrected chi connectivity index (χ3v) is 3.46. The number of halogens is 2. The lowest BCUT2D eigenvalue weighted by Gasteiger charge is -2.26. The summed E-state index contributed by atoms with van der Waals surface area (Å²) in [5.74, 6) is -0.143. The second-order valence-corrected chi connectivity index (χ2v) is 5.32. The number of anilines is 1. The van der Waals surface area contributed by atoms with Gasteiger partial charge in [-0.1, -0.05) is 18.6 Å². The Morgan fingerprint density at radius 2 is 1.95 bits per heavy atom. The summed E-state index contributed by atoms with van der Waals surface area (Å²) < 4.78 is 0. The summed E-state index contributed by atoms with van der Waals surface area (Å²) in [6.07, 6.45) is 3.93. The summed E-state index contributed by atoms with van der Waals surface area (Å²) in [5, 5.41) is 2.84. The minimum Gasteiger partial charge on any atom is -0.325 e. The zero-order chi connectivity index (χ0) is 13.7. The number of nitrogens with one attached hydrogen (secondary N) is 1. The van der Waals surface area contributed by atoms with Gasteiger partial charge in [0.1, 0.15) is 0 Å². The van der Waals surface area contributed by atoms with E-state index in [-0.39, 0.29) is 30.7 Å². The molecule has 0 radical (unpaired) electrons. The summed E-state index contributed by atoms with van der Waals surface area (Å²) in [6.45, 7) is 5.00. The van der Waals surface area contributed by atoms with E-state index in [4.69, 9.17) is 5.73 Å². The number of nitrogens with zero attached hydrogens (tertiary/aromatic N) is 1. The van der Waals surface area contributed by atoms with Crippen molar-refractivity contribution in [1.29, 1.82) is 0 Å². The van der Waals surface area contributed by atoms with Crippen molar-refractivity contribution in [3.05, 3.63) is 29.8 Å². The summed E-state index contributed by atoms with van der Waals surface area (Å²) in [5.41, 5.74) is 7.62. The van der Waals surface area contributed by atoms with E-state index in [2.05, 4.69) is 16.3 Å². The molecule has 6 heteroatoms. The molecule has 1 aliphatic rings. The Morgan fingerprint density at radius 1 is 1.29 bits per heavy atom. The minimum absolute atomic E-state index is 0. The number of benzene rings is 1. The van der Waals surface area contributed by atoms with Gasteiger partial charge in [-0.25, -0.2) is 0 Å². The Kier molecular flexibility index (Phi) is 9.62. The first kappa shape index (κ1) is 20.2. The first-order valence-corrected chi connectivity index (χ1v) is 7.03. The minimum atomic E-state index is -0.481. The fourth-order valence-electron chi connectivity index (χ4n) is 2.38. The van der Waals surface area contributed by atoms with Gasteiger partial charge < -0.3 is 11.1 Å². The molecule has 1 aromatic carbocycles. The van der Waals surface area contributed by atoms with Gasteiger partial charge in [-0.05, 0) is 50.6 Å². The SMILES string of the molecule is C[C@@H](N)C(=O)Nc1cccc(CN2CCCCC2)c1.Cl.Cl. The highest BCUT2D eigenvalue weighted by molar-refractivity contribution is 5.94. The number of rotatable bonds is 4. The highest BCUT2D eigenvalue weighted by Crippen LogP contribution is 2.16. The maximum atomic E-state index is 11.6. The second kappa shape index (κ2) is 10.0. The number of amides is 1. The van der Waals surface area contributed by atoms with Crippen molar-refractivity contribution in [3.63, 3.8) is 0 Å². The Morgan fingerprint density at radius 3 is 2.57 bits per heavy atom. The molecule has 1 fully saturated rings. The predicted molar refractivity (Wildman–Crippen MR) is 92.3 cm³/mol. The first-order valence-electron chi connectivity index (χ1n) is 7.03. The van der Waals surface area contributed by atoms with Crippen LogP contribution in [0.2, 0.25) is 0 Å².